The van der Waals surface area contributed by atoms with Crippen molar-refractivity contribution in [2.24, 2.45) is 34.6 Å². The maximum Gasteiger partial charge on any atom is 0.320 e. The highest BCUT2D eigenvalue weighted by Gasteiger charge is 2.14. The Balaban J connectivity index is -0.000000162. The van der Waals surface area contributed by atoms with E-state index >= 15 is 0 Å². The van der Waals surface area contributed by atoms with Crippen LogP contribution in [0.1, 0.15) is 26.7 Å². The second kappa shape index (κ2) is 22.3. The SMILES string of the molecule is CC(C)C(N)C(=O)O.NC(=O)NCCCC(N)C(=O)O.NCC(=O)O.NCC(=O)O. The number of nitrogens with two attached hydrogens (primary N) is 5. The third-order valence-electron chi connectivity index (χ3n) is 2.66. The molecule has 0 rings (SSSR count). The number of hydrogen-bond acceptors (Lipinski definition) is 9. The van der Waals surface area contributed by atoms with Gasteiger partial charge in [-0.25, -0.2) is 4.79 Å². The molecular formula is C15H34N6O9. The lowest BCUT2D eigenvalue weighted by molar-refractivity contribution is -0.140. The first kappa shape index (κ1) is 34.5. The number of urea groups is 1. The maximum atomic E-state index is 10.2. The minimum Gasteiger partial charge on any atom is -0.480 e. The summed E-state index contributed by atoms with van der Waals surface area (Å²) in [4.78, 5) is 48.8. The molecule has 0 aromatic carbocycles. The minimum absolute atomic E-state index is 0.0208. The fourth-order valence-corrected chi connectivity index (χ4v) is 0.942. The van der Waals surface area contributed by atoms with Crippen LogP contribution in [0.3, 0.4) is 0 Å². The van der Waals surface area contributed by atoms with Crippen molar-refractivity contribution in [1.82, 2.24) is 5.32 Å². The van der Waals surface area contributed by atoms with Crippen molar-refractivity contribution < 1.29 is 44.4 Å². The van der Waals surface area contributed by atoms with E-state index in [1.54, 1.807) is 13.8 Å². The van der Waals surface area contributed by atoms with Gasteiger partial charge in [-0.3, -0.25) is 19.2 Å². The molecular weight excluding hydrogens is 408 g/mol. The van der Waals surface area contributed by atoms with E-state index in [4.69, 9.17) is 37.6 Å². The number of amides is 2. The minimum atomic E-state index is -1.03. The van der Waals surface area contributed by atoms with E-state index < -0.39 is 42.0 Å². The average Bonchev–Trinajstić information content (AvgIpc) is 2.65. The van der Waals surface area contributed by atoms with Gasteiger partial charge in [0.1, 0.15) is 12.1 Å². The first-order chi connectivity index (χ1) is 13.6. The highest BCUT2D eigenvalue weighted by atomic mass is 16.4. The zero-order chi connectivity index (χ0) is 24.9. The van der Waals surface area contributed by atoms with Crippen LogP contribution in [-0.4, -0.2) is 82.1 Å². The molecule has 178 valence electrons. The molecule has 30 heavy (non-hydrogen) atoms. The molecule has 0 radical (unpaired) electrons. The lowest BCUT2D eigenvalue weighted by Crippen LogP contribution is -2.34. The van der Waals surface area contributed by atoms with Crippen LogP contribution >= 0.6 is 0 Å². The fourth-order valence-electron chi connectivity index (χ4n) is 0.942. The van der Waals surface area contributed by atoms with E-state index in [1.165, 1.54) is 0 Å². The van der Waals surface area contributed by atoms with Gasteiger partial charge in [0.05, 0.1) is 13.1 Å². The number of carboxylic acids is 4. The number of carboxylic acid groups (broad SMARTS) is 4. The Morgan fingerprint density at radius 3 is 1.37 bits per heavy atom. The molecule has 0 spiro atoms. The van der Waals surface area contributed by atoms with Crippen LogP contribution in [0.5, 0.6) is 0 Å². The summed E-state index contributed by atoms with van der Waals surface area (Å²) >= 11 is 0. The Morgan fingerprint density at radius 2 is 1.20 bits per heavy atom. The zero-order valence-electron chi connectivity index (χ0n) is 17.0. The lowest BCUT2D eigenvalue weighted by Gasteiger charge is -2.07. The van der Waals surface area contributed by atoms with E-state index in [2.05, 4.69) is 16.8 Å². The molecule has 0 aliphatic heterocycles. The Labute approximate surface area is 173 Å². The zero-order valence-corrected chi connectivity index (χ0v) is 17.0. The molecule has 0 saturated heterocycles. The Bertz CT molecular complexity index is 503. The summed E-state index contributed by atoms with van der Waals surface area (Å²) in [5, 5.41) is 34.1. The highest BCUT2D eigenvalue weighted by molar-refractivity contribution is 5.73. The number of aliphatic carboxylic acids is 4. The molecule has 15 N–H and O–H groups in total. The van der Waals surface area contributed by atoms with Crippen molar-refractivity contribution >= 4 is 29.9 Å². The predicted octanol–water partition coefficient (Wildman–Crippen LogP) is -3.04. The molecule has 2 atom stereocenters. The molecule has 0 aliphatic rings. The van der Waals surface area contributed by atoms with Gasteiger partial charge in [-0.2, -0.15) is 0 Å². The molecule has 2 amide bonds. The van der Waals surface area contributed by atoms with E-state index in [-0.39, 0.29) is 19.0 Å². The van der Waals surface area contributed by atoms with E-state index in [0.717, 1.165) is 0 Å². The first-order valence-electron chi connectivity index (χ1n) is 8.47. The van der Waals surface area contributed by atoms with Crippen molar-refractivity contribution in [1.29, 1.82) is 0 Å². The van der Waals surface area contributed by atoms with E-state index in [9.17, 15) is 24.0 Å². The van der Waals surface area contributed by atoms with Gasteiger partial charge < -0.3 is 54.4 Å². The standard InChI is InChI=1S/C6H13N3O3.C5H11NO2.2C2H5NO2/c7-4(5(10)11)2-1-3-9-6(8)12;1-3(2)4(6)5(7)8;2*3-1-2(4)5/h4H,1-3,7H2,(H,10,11)(H3,8,9,12);3-4H,6H2,1-2H3,(H,7,8);2*1,3H2,(H,4,5). The summed E-state index contributed by atoms with van der Waals surface area (Å²) in [7, 11) is 0. The molecule has 0 heterocycles. The van der Waals surface area contributed by atoms with Crippen LogP contribution in [-0.2, 0) is 19.2 Å². The van der Waals surface area contributed by atoms with Crippen molar-refractivity contribution in [3.05, 3.63) is 0 Å². The van der Waals surface area contributed by atoms with Crippen LogP contribution < -0.4 is 34.0 Å². The smallest absolute Gasteiger partial charge is 0.320 e. The number of primary amides is 1. The van der Waals surface area contributed by atoms with Gasteiger partial charge in [-0.05, 0) is 18.8 Å². The molecule has 0 aliphatic carbocycles. The summed E-state index contributed by atoms with van der Waals surface area (Å²) in [6.07, 6.45) is 0.839. The summed E-state index contributed by atoms with van der Waals surface area (Å²) < 4.78 is 0. The molecule has 2 unspecified atom stereocenters. The largest absolute Gasteiger partial charge is 0.480 e. The van der Waals surface area contributed by atoms with Gasteiger partial charge in [0.2, 0.25) is 0 Å². The second-order valence-corrected chi connectivity index (χ2v) is 5.68. The third-order valence-corrected chi connectivity index (χ3v) is 2.66. The first-order valence-corrected chi connectivity index (χ1v) is 8.47. The molecule has 0 saturated carbocycles. The summed E-state index contributed by atoms with van der Waals surface area (Å²) in [5.41, 5.74) is 24.3. The van der Waals surface area contributed by atoms with Crippen LogP contribution in [0.4, 0.5) is 4.79 Å². The van der Waals surface area contributed by atoms with Gasteiger partial charge in [-0.15, -0.1) is 0 Å². The Morgan fingerprint density at radius 1 is 0.833 bits per heavy atom. The maximum absolute atomic E-state index is 10.2. The summed E-state index contributed by atoms with van der Waals surface area (Å²) in [6, 6.07) is -2.19. The number of carbonyl (C=O) groups is 5. The molecule has 0 aromatic heterocycles. The van der Waals surface area contributed by atoms with Crippen molar-refractivity contribution in [3.8, 4) is 0 Å². The average molecular weight is 442 g/mol. The summed E-state index contributed by atoms with van der Waals surface area (Å²) in [6.45, 7) is 3.36. The predicted molar refractivity (Wildman–Crippen MR) is 106 cm³/mol. The topological polar surface area (TPSA) is 308 Å². The third kappa shape index (κ3) is 36.0. The van der Waals surface area contributed by atoms with E-state index in [1.807, 2.05) is 0 Å². The summed E-state index contributed by atoms with van der Waals surface area (Å²) in [5.74, 6) is -3.88. The lowest BCUT2D eigenvalue weighted by atomic mass is 10.1. The van der Waals surface area contributed by atoms with Gasteiger partial charge >= 0.3 is 29.9 Å². The van der Waals surface area contributed by atoms with Crippen molar-refractivity contribution in [3.63, 3.8) is 0 Å². The molecule has 0 fully saturated rings. The van der Waals surface area contributed by atoms with Crippen molar-refractivity contribution in [2.45, 2.75) is 38.8 Å². The molecule has 0 aromatic rings. The van der Waals surface area contributed by atoms with Crippen LogP contribution in [0.2, 0.25) is 0 Å². The van der Waals surface area contributed by atoms with E-state index in [0.29, 0.717) is 19.4 Å². The Kier molecular flexibility index (Phi) is 25.6. The van der Waals surface area contributed by atoms with Crippen LogP contribution in [0.15, 0.2) is 0 Å². The van der Waals surface area contributed by atoms with Crippen molar-refractivity contribution in [2.75, 3.05) is 19.6 Å². The number of hydrogen-bond donors (Lipinski definition) is 10. The second-order valence-electron chi connectivity index (χ2n) is 5.68. The van der Waals surface area contributed by atoms with Gasteiger partial charge in [0, 0.05) is 6.54 Å². The normalized spacial score (nSPS) is 11.0. The van der Waals surface area contributed by atoms with Crippen LogP contribution in [0, 0.1) is 5.92 Å². The van der Waals surface area contributed by atoms with Gasteiger partial charge in [-0.1, -0.05) is 13.8 Å². The monoisotopic (exact) mass is 442 g/mol. The van der Waals surface area contributed by atoms with Gasteiger partial charge in [0.25, 0.3) is 0 Å². The quantitative estimate of drug-likeness (QED) is 0.159. The molecule has 15 heteroatoms. The molecule has 15 nitrogen and oxygen atoms in total. The van der Waals surface area contributed by atoms with Crippen LogP contribution in [0.25, 0.3) is 0 Å². The molecule has 0 bridgehead atoms. The number of nitrogens with one attached hydrogen (secondary N) is 1. The highest BCUT2D eigenvalue weighted by Crippen LogP contribution is 1.96. The van der Waals surface area contributed by atoms with Gasteiger partial charge in [0.15, 0.2) is 0 Å². The number of carbonyl (C=O) groups excluding carboxylic acids is 1. The Hall–Kier alpha value is -3.01. The fraction of sp³-hybridized carbons (Fsp3) is 0.667. The number of rotatable bonds is 9.